The molecule has 1 heterocycles. The predicted octanol–water partition coefficient (Wildman–Crippen LogP) is 1.17. The van der Waals surface area contributed by atoms with Crippen molar-refractivity contribution in [2.24, 2.45) is 5.92 Å². The van der Waals surface area contributed by atoms with Gasteiger partial charge in [0.05, 0.1) is 11.5 Å². The van der Waals surface area contributed by atoms with Crippen LogP contribution < -0.4 is 10.0 Å². The molecule has 0 atom stereocenters. The van der Waals surface area contributed by atoms with Gasteiger partial charge in [-0.05, 0) is 43.0 Å². The third-order valence-corrected chi connectivity index (χ3v) is 6.39. The van der Waals surface area contributed by atoms with Crippen LogP contribution in [0, 0.1) is 5.92 Å². The van der Waals surface area contributed by atoms with Crippen molar-refractivity contribution in [3.63, 3.8) is 0 Å². The van der Waals surface area contributed by atoms with Crippen LogP contribution >= 0.6 is 0 Å². The van der Waals surface area contributed by atoms with E-state index in [9.17, 15) is 13.2 Å². The van der Waals surface area contributed by atoms with Gasteiger partial charge in [-0.3, -0.25) is 4.90 Å². The third-order valence-electron chi connectivity index (χ3n) is 4.95. The normalized spacial score (nSPS) is 18.5. The molecule has 2 amide bonds. The lowest BCUT2D eigenvalue weighted by atomic mass is 10.3. The summed E-state index contributed by atoms with van der Waals surface area (Å²) in [5, 5.41) is 2.84. The number of anilines is 1. The van der Waals surface area contributed by atoms with Gasteiger partial charge in [0.2, 0.25) is 10.0 Å². The smallest absolute Gasteiger partial charge is 0.321 e. The van der Waals surface area contributed by atoms with Crippen LogP contribution in [0.15, 0.2) is 29.2 Å². The molecule has 0 radical (unpaired) electrons. The average Bonchev–Trinajstić information content (AvgIpc) is 3.50. The van der Waals surface area contributed by atoms with Gasteiger partial charge in [0.15, 0.2) is 0 Å². The van der Waals surface area contributed by atoms with Gasteiger partial charge in [-0.25, -0.2) is 17.9 Å². The van der Waals surface area contributed by atoms with Gasteiger partial charge in [-0.2, -0.15) is 0 Å². The monoisotopic (exact) mass is 396 g/mol. The first kappa shape index (κ1) is 20.1. The van der Waals surface area contributed by atoms with E-state index < -0.39 is 10.0 Å². The molecule has 1 aliphatic carbocycles. The second kappa shape index (κ2) is 9.01. The summed E-state index contributed by atoms with van der Waals surface area (Å²) < 4.78 is 32.2. The number of sulfonamides is 1. The van der Waals surface area contributed by atoms with Crippen molar-refractivity contribution < 1.29 is 17.9 Å². The fourth-order valence-electron chi connectivity index (χ4n) is 2.95. The Kier molecular flexibility index (Phi) is 6.69. The molecule has 1 aromatic rings. The first-order chi connectivity index (χ1) is 13.0. The number of rotatable bonds is 8. The van der Waals surface area contributed by atoms with E-state index in [4.69, 9.17) is 4.74 Å². The van der Waals surface area contributed by atoms with Crippen molar-refractivity contribution in [1.29, 1.82) is 0 Å². The van der Waals surface area contributed by atoms with Gasteiger partial charge in [0.25, 0.3) is 0 Å². The molecule has 1 aromatic carbocycles. The van der Waals surface area contributed by atoms with Crippen LogP contribution in [0.3, 0.4) is 0 Å². The number of hydrogen-bond acceptors (Lipinski definition) is 5. The van der Waals surface area contributed by atoms with Crippen LogP contribution in [-0.4, -0.2) is 77.2 Å². The Hall–Kier alpha value is -1.68. The number of hydrogen-bond donors (Lipinski definition) is 2. The molecular formula is C18H28N4O4S. The number of benzene rings is 1. The standard InChI is InChI=1S/C18H28N4O4S/c1-26-13-12-21-8-10-22(11-9-21)18(23)20-16-4-6-17(7-5-16)27(24,25)19-14-15-2-3-15/h4-7,15,19H,2-3,8-14H2,1H3,(H,20,23). The second-order valence-electron chi connectivity index (χ2n) is 7.07. The van der Waals surface area contributed by atoms with Crippen molar-refractivity contribution >= 4 is 21.7 Å². The zero-order valence-electron chi connectivity index (χ0n) is 15.7. The molecule has 1 saturated carbocycles. The van der Waals surface area contributed by atoms with Crippen LogP contribution in [0.2, 0.25) is 0 Å². The Balaban J connectivity index is 1.48. The summed E-state index contributed by atoms with van der Waals surface area (Å²) in [5.74, 6) is 0.480. The Bertz CT molecular complexity index is 726. The van der Waals surface area contributed by atoms with Gasteiger partial charge in [0, 0.05) is 52.1 Å². The number of nitrogens with zero attached hydrogens (tertiary/aromatic N) is 2. The van der Waals surface area contributed by atoms with Crippen molar-refractivity contribution in [2.75, 3.05) is 58.3 Å². The summed E-state index contributed by atoms with van der Waals surface area (Å²) >= 11 is 0. The molecule has 0 bridgehead atoms. The van der Waals surface area contributed by atoms with E-state index in [2.05, 4.69) is 14.9 Å². The van der Waals surface area contributed by atoms with Gasteiger partial charge < -0.3 is 15.0 Å². The Morgan fingerprint density at radius 2 is 1.81 bits per heavy atom. The number of nitrogens with one attached hydrogen (secondary N) is 2. The molecule has 9 heteroatoms. The average molecular weight is 397 g/mol. The molecule has 1 aliphatic heterocycles. The molecule has 27 heavy (non-hydrogen) atoms. The molecule has 150 valence electrons. The molecular weight excluding hydrogens is 368 g/mol. The molecule has 0 unspecified atom stereocenters. The first-order valence-corrected chi connectivity index (χ1v) is 10.8. The highest BCUT2D eigenvalue weighted by atomic mass is 32.2. The summed E-state index contributed by atoms with van der Waals surface area (Å²) in [6.07, 6.45) is 2.18. The van der Waals surface area contributed by atoms with Crippen molar-refractivity contribution in [3.8, 4) is 0 Å². The number of carbonyl (C=O) groups is 1. The van der Waals surface area contributed by atoms with Gasteiger partial charge >= 0.3 is 6.03 Å². The molecule has 3 rings (SSSR count). The zero-order chi connectivity index (χ0) is 19.3. The summed E-state index contributed by atoms with van der Waals surface area (Å²) in [7, 11) is -1.80. The Morgan fingerprint density at radius 3 is 2.41 bits per heavy atom. The lowest BCUT2D eigenvalue weighted by Gasteiger charge is -2.34. The van der Waals surface area contributed by atoms with E-state index in [0.717, 1.165) is 32.5 Å². The largest absolute Gasteiger partial charge is 0.383 e. The summed E-state index contributed by atoms with van der Waals surface area (Å²) in [5.41, 5.74) is 0.586. The molecule has 2 N–H and O–H groups in total. The minimum Gasteiger partial charge on any atom is -0.383 e. The molecule has 0 spiro atoms. The van der Waals surface area contributed by atoms with Crippen LogP contribution in [0.5, 0.6) is 0 Å². The van der Waals surface area contributed by atoms with Crippen molar-refractivity contribution in [2.45, 2.75) is 17.7 Å². The van der Waals surface area contributed by atoms with Crippen molar-refractivity contribution in [3.05, 3.63) is 24.3 Å². The van der Waals surface area contributed by atoms with E-state index in [1.807, 2.05) is 0 Å². The summed E-state index contributed by atoms with van der Waals surface area (Å²) in [6.45, 7) is 5.02. The maximum absolute atomic E-state index is 12.4. The highest BCUT2D eigenvalue weighted by Gasteiger charge is 2.24. The van der Waals surface area contributed by atoms with E-state index in [-0.39, 0.29) is 10.9 Å². The highest BCUT2D eigenvalue weighted by molar-refractivity contribution is 7.89. The minimum absolute atomic E-state index is 0.163. The number of methoxy groups -OCH3 is 1. The third kappa shape index (κ3) is 5.90. The SMILES string of the molecule is COCCN1CCN(C(=O)Nc2ccc(S(=O)(=O)NCC3CC3)cc2)CC1. The molecule has 8 nitrogen and oxygen atoms in total. The molecule has 0 aromatic heterocycles. The van der Waals surface area contributed by atoms with Crippen LogP contribution in [0.4, 0.5) is 10.5 Å². The Labute approximate surface area is 160 Å². The van der Waals surface area contributed by atoms with E-state index in [0.29, 0.717) is 37.8 Å². The van der Waals surface area contributed by atoms with Crippen LogP contribution in [0.25, 0.3) is 0 Å². The number of urea groups is 1. The number of ether oxygens (including phenoxy) is 1. The van der Waals surface area contributed by atoms with Crippen molar-refractivity contribution in [1.82, 2.24) is 14.5 Å². The number of piperazine rings is 1. The van der Waals surface area contributed by atoms with E-state index >= 15 is 0 Å². The highest BCUT2D eigenvalue weighted by Crippen LogP contribution is 2.28. The second-order valence-corrected chi connectivity index (χ2v) is 8.84. The maximum Gasteiger partial charge on any atom is 0.321 e. The quantitative estimate of drug-likeness (QED) is 0.688. The first-order valence-electron chi connectivity index (χ1n) is 9.35. The van der Waals surface area contributed by atoms with Gasteiger partial charge in [-0.15, -0.1) is 0 Å². The molecule has 2 fully saturated rings. The zero-order valence-corrected chi connectivity index (χ0v) is 16.5. The fraction of sp³-hybridized carbons (Fsp3) is 0.611. The summed E-state index contributed by atoms with van der Waals surface area (Å²) in [6, 6.07) is 6.13. The van der Waals surface area contributed by atoms with Crippen LogP contribution in [-0.2, 0) is 14.8 Å². The number of carbonyl (C=O) groups excluding carboxylic acids is 1. The predicted molar refractivity (Wildman–Crippen MR) is 103 cm³/mol. The lowest BCUT2D eigenvalue weighted by molar-refractivity contribution is 0.109. The molecule has 1 saturated heterocycles. The number of amides is 2. The van der Waals surface area contributed by atoms with Gasteiger partial charge in [0.1, 0.15) is 0 Å². The van der Waals surface area contributed by atoms with Crippen LogP contribution in [0.1, 0.15) is 12.8 Å². The Morgan fingerprint density at radius 1 is 1.15 bits per heavy atom. The van der Waals surface area contributed by atoms with Gasteiger partial charge in [-0.1, -0.05) is 0 Å². The minimum atomic E-state index is -3.48. The maximum atomic E-state index is 12.4. The lowest BCUT2D eigenvalue weighted by Crippen LogP contribution is -2.50. The van der Waals surface area contributed by atoms with E-state index in [1.54, 1.807) is 24.1 Å². The summed E-state index contributed by atoms with van der Waals surface area (Å²) in [4.78, 5) is 16.6. The molecule has 2 aliphatic rings. The fourth-order valence-corrected chi connectivity index (χ4v) is 4.06. The topological polar surface area (TPSA) is 91.0 Å². The van der Waals surface area contributed by atoms with E-state index in [1.165, 1.54) is 12.1 Å².